The summed E-state index contributed by atoms with van der Waals surface area (Å²) < 4.78 is 30.2. The van der Waals surface area contributed by atoms with Crippen LogP contribution in [-0.2, 0) is 21.4 Å². The van der Waals surface area contributed by atoms with Crippen molar-refractivity contribution in [3.63, 3.8) is 0 Å². The van der Waals surface area contributed by atoms with Crippen LogP contribution >= 0.6 is 23.2 Å². The Morgan fingerprint density at radius 1 is 1.12 bits per heavy atom. The second-order valence-electron chi connectivity index (χ2n) is 5.56. The highest BCUT2D eigenvalue weighted by Gasteiger charge is 2.21. The maximum absolute atomic E-state index is 12.2. The third-order valence-electron chi connectivity index (χ3n) is 3.51. The molecule has 1 amide bonds. The molecule has 2 aromatic carbocycles. The van der Waals surface area contributed by atoms with Crippen molar-refractivity contribution in [1.29, 1.82) is 0 Å². The summed E-state index contributed by atoms with van der Waals surface area (Å²) in [6.07, 6.45) is 1.05. The van der Waals surface area contributed by atoms with Crippen LogP contribution in [0.5, 0.6) is 5.75 Å². The lowest BCUT2D eigenvalue weighted by atomic mass is 10.2. The van der Waals surface area contributed by atoms with Gasteiger partial charge in [-0.2, -0.15) is 4.31 Å². The lowest BCUT2D eigenvalue weighted by Gasteiger charge is -2.20. The highest BCUT2D eigenvalue weighted by Crippen LogP contribution is 2.23. The minimum absolute atomic E-state index is 0.00571. The molecule has 0 fully saturated rings. The summed E-state index contributed by atoms with van der Waals surface area (Å²) >= 11 is 11.8. The van der Waals surface area contributed by atoms with Crippen molar-refractivity contribution in [2.45, 2.75) is 6.54 Å². The van der Waals surface area contributed by atoms with Gasteiger partial charge in [0.15, 0.2) is 0 Å². The van der Waals surface area contributed by atoms with E-state index in [-0.39, 0.29) is 13.1 Å². The number of halogens is 2. The van der Waals surface area contributed by atoms with Crippen molar-refractivity contribution in [3.8, 4) is 5.75 Å². The molecule has 0 aliphatic heterocycles. The molecule has 0 radical (unpaired) electrons. The topological polar surface area (TPSA) is 75.7 Å². The molecule has 1 N–H and O–H groups in total. The van der Waals surface area contributed by atoms with Crippen molar-refractivity contribution < 1.29 is 17.9 Å². The van der Waals surface area contributed by atoms with Crippen LogP contribution in [0.25, 0.3) is 0 Å². The zero-order valence-corrected chi connectivity index (χ0v) is 16.5. The minimum atomic E-state index is -3.61. The van der Waals surface area contributed by atoms with E-state index in [4.69, 9.17) is 27.9 Å². The van der Waals surface area contributed by atoms with Crippen LogP contribution in [0.3, 0.4) is 0 Å². The summed E-state index contributed by atoms with van der Waals surface area (Å²) in [5, 5.41) is 3.35. The fourth-order valence-corrected chi connectivity index (χ4v) is 3.22. The van der Waals surface area contributed by atoms with Crippen molar-refractivity contribution in [3.05, 3.63) is 58.1 Å². The molecule has 140 valence electrons. The van der Waals surface area contributed by atoms with E-state index in [9.17, 15) is 13.2 Å². The highest BCUT2D eigenvalue weighted by molar-refractivity contribution is 7.88. The molecule has 0 unspecified atom stereocenters. The molecule has 0 atom stereocenters. The number of rotatable bonds is 7. The van der Waals surface area contributed by atoms with Crippen LogP contribution in [-0.4, -0.2) is 38.5 Å². The van der Waals surface area contributed by atoms with Crippen molar-refractivity contribution in [2.24, 2.45) is 0 Å². The monoisotopic (exact) mass is 416 g/mol. The molecule has 0 aliphatic rings. The van der Waals surface area contributed by atoms with Crippen LogP contribution in [0.15, 0.2) is 42.5 Å². The Labute approximate surface area is 162 Å². The van der Waals surface area contributed by atoms with E-state index in [0.29, 0.717) is 27.0 Å². The predicted molar refractivity (Wildman–Crippen MR) is 103 cm³/mol. The molecule has 0 aromatic heterocycles. The first-order valence-electron chi connectivity index (χ1n) is 7.52. The number of hydrogen-bond acceptors (Lipinski definition) is 4. The normalized spacial score (nSPS) is 11.4. The van der Waals surface area contributed by atoms with Gasteiger partial charge >= 0.3 is 0 Å². The maximum atomic E-state index is 12.2. The fraction of sp³-hybridized carbons (Fsp3) is 0.235. The molecule has 6 nitrogen and oxygen atoms in total. The number of hydrogen-bond donors (Lipinski definition) is 1. The Balaban J connectivity index is 2.09. The Morgan fingerprint density at radius 3 is 2.31 bits per heavy atom. The van der Waals surface area contributed by atoms with E-state index in [1.807, 2.05) is 0 Å². The van der Waals surface area contributed by atoms with Crippen LogP contribution in [0, 0.1) is 0 Å². The average Bonchev–Trinajstić information content (AvgIpc) is 2.57. The van der Waals surface area contributed by atoms with Crippen molar-refractivity contribution in [2.75, 3.05) is 25.2 Å². The number of benzene rings is 2. The number of anilines is 1. The third kappa shape index (κ3) is 5.88. The van der Waals surface area contributed by atoms with Gasteiger partial charge < -0.3 is 10.1 Å². The van der Waals surface area contributed by atoms with E-state index in [1.54, 1.807) is 49.6 Å². The average molecular weight is 417 g/mol. The van der Waals surface area contributed by atoms with Gasteiger partial charge in [0, 0.05) is 12.2 Å². The lowest BCUT2D eigenvalue weighted by Crippen LogP contribution is -2.36. The molecule has 2 rings (SSSR count). The molecule has 26 heavy (non-hydrogen) atoms. The summed E-state index contributed by atoms with van der Waals surface area (Å²) in [6.45, 7) is -0.323. The molecule has 0 saturated carbocycles. The molecule has 9 heteroatoms. The van der Waals surface area contributed by atoms with Gasteiger partial charge in [-0.1, -0.05) is 29.3 Å². The Morgan fingerprint density at radius 2 is 1.77 bits per heavy atom. The first kappa shape index (κ1) is 20.5. The van der Waals surface area contributed by atoms with E-state index in [2.05, 4.69) is 5.32 Å². The molecule has 0 bridgehead atoms. The molecule has 2 aromatic rings. The van der Waals surface area contributed by atoms with Gasteiger partial charge in [-0.05, 0) is 42.0 Å². The Hall–Kier alpha value is -1.80. The van der Waals surface area contributed by atoms with Gasteiger partial charge in [0.05, 0.1) is 30.0 Å². The number of nitrogens with zero attached hydrogens (tertiary/aromatic N) is 1. The van der Waals surface area contributed by atoms with Gasteiger partial charge in [0.25, 0.3) is 0 Å². The summed E-state index contributed by atoms with van der Waals surface area (Å²) in [7, 11) is -2.07. The number of methoxy groups -OCH3 is 1. The first-order valence-corrected chi connectivity index (χ1v) is 10.1. The number of ether oxygens (including phenoxy) is 1. The lowest BCUT2D eigenvalue weighted by molar-refractivity contribution is -0.116. The largest absolute Gasteiger partial charge is 0.497 e. The number of sulfonamides is 1. The molecular weight excluding hydrogens is 399 g/mol. The van der Waals surface area contributed by atoms with Gasteiger partial charge in [-0.3, -0.25) is 4.79 Å². The first-order chi connectivity index (χ1) is 12.2. The summed E-state index contributed by atoms with van der Waals surface area (Å²) in [4.78, 5) is 12.2. The quantitative estimate of drug-likeness (QED) is 0.749. The van der Waals surface area contributed by atoms with E-state index >= 15 is 0 Å². The third-order valence-corrected chi connectivity index (χ3v) is 5.44. The number of nitrogens with one attached hydrogen (secondary N) is 1. The molecule has 0 saturated heterocycles. The molecule has 0 aliphatic carbocycles. The SMILES string of the molecule is COc1ccc(NC(=O)CN(Cc2ccc(Cl)c(Cl)c2)S(C)(=O)=O)cc1. The zero-order valence-electron chi connectivity index (χ0n) is 14.2. The standard InChI is InChI=1S/C17H18Cl2N2O4S/c1-25-14-6-4-13(5-7-14)20-17(22)11-21(26(2,23)24)10-12-3-8-15(18)16(19)9-12/h3-9H,10-11H2,1-2H3,(H,20,22). The van der Waals surface area contributed by atoms with Crippen LogP contribution < -0.4 is 10.1 Å². The summed E-state index contributed by atoms with van der Waals surface area (Å²) in [5.41, 5.74) is 1.17. The smallest absolute Gasteiger partial charge is 0.239 e. The van der Waals surface area contributed by atoms with Crippen LogP contribution in [0.2, 0.25) is 10.0 Å². The Kier molecular flexibility index (Phi) is 6.88. The summed E-state index contributed by atoms with van der Waals surface area (Å²) in [6, 6.07) is 11.5. The van der Waals surface area contributed by atoms with Crippen LogP contribution in [0.1, 0.15) is 5.56 Å². The van der Waals surface area contributed by atoms with Gasteiger partial charge in [-0.15, -0.1) is 0 Å². The van der Waals surface area contributed by atoms with Crippen LogP contribution in [0.4, 0.5) is 5.69 Å². The molecule has 0 heterocycles. The van der Waals surface area contributed by atoms with Crippen molar-refractivity contribution >= 4 is 44.8 Å². The molecular formula is C17H18Cl2N2O4S. The maximum Gasteiger partial charge on any atom is 0.239 e. The predicted octanol–water partition coefficient (Wildman–Crippen LogP) is 3.40. The number of carbonyl (C=O) groups is 1. The van der Waals surface area contributed by atoms with E-state index in [0.717, 1.165) is 10.6 Å². The van der Waals surface area contributed by atoms with Gasteiger partial charge in [-0.25, -0.2) is 8.42 Å². The van der Waals surface area contributed by atoms with E-state index in [1.165, 1.54) is 0 Å². The number of amides is 1. The van der Waals surface area contributed by atoms with Crippen molar-refractivity contribution in [1.82, 2.24) is 4.31 Å². The summed E-state index contributed by atoms with van der Waals surface area (Å²) in [5.74, 6) is 0.195. The second kappa shape index (κ2) is 8.73. The second-order valence-corrected chi connectivity index (χ2v) is 8.35. The fourth-order valence-electron chi connectivity index (χ4n) is 2.17. The van der Waals surface area contributed by atoms with Gasteiger partial charge in [0.1, 0.15) is 5.75 Å². The number of carbonyl (C=O) groups excluding carboxylic acids is 1. The van der Waals surface area contributed by atoms with Gasteiger partial charge in [0.2, 0.25) is 15.9 Å². The highest BCUT2D eigenvalue weighted by atomic mass is 35.5. The minimum Gasteiger partial charge on any atom is -0.497 e. The molecule has 0 spiro atoms. The Bertz CT molecular complexity index is 886. The van der Waals surface area contributed by atoms with E-state index < -0.39 is 15.9 Å². The zero-order chi connectivity index (χ0) is 19.3.